The second kappa shape index (κ2) is 9.06. The van der Waals surface area contributed by atoms with Crippen LogP contribution in [0.4, 0.5) is 0 Å². The summed E-state index contributed by atoms with van der Waals surface area (Å²) in [4.78, 5) is 6.74. The lowest BCUT2D eigenvalue weighted by atomic mass is 9.92. The first-order valence-corrected chi connectivity index (χ1v) is 10.5. The van der Waals surface area contributed by atoms with Gasteiger partial charge in [0.25, 0.3) is 0 Å². The molecule has 29 heavy (non-hydrogen) atoms. The number of fused-ring (bicyclic) bond motifs is 3. The molecule has 0 radical (unpaired) electrons. The van der Waals surface area contributed by atoms with E-state index in [4.69, 9.17) is 0 Å². The molecule has 0 spiro atoms. The minimum Gasteiger partial charge on any atom is -0.356 e. The fourth-order valence-electron chi connectivity index (χ4n) is 5.07. The van der Waals surface area contributed by atoms with Gasteiger partial charge < -0.3 is 10.2 Å². The Labute approximate surface area is 192 Å². The topological polar surface area (TPSA) is 45.5 Å². The largest absolute Gasteiger partial charge is 0.356 e. The molecule has 1 N–H and O–H groups in total. The van der Waals surface area contributed by atoms with Gasteiger partial charge in [-0.05, 0) is 47.6 Å². The van der Waals surface area contributed by atoms with Gasteiger partial charge in [-0.15, -0.1) is 24.0 Å². The summed E-state index contributed by atoms with van der Waals surface area (Å²) >= 11 is 0. The van der Waals surface area contributed by atoms with Gasteiger partial charge in [0.05, 0.1) is 5.69 Å². The molecule has 1 saturated carbocycles. The second-order valence-electron chi connectivity index (χ2n) is 8.74. The van der Waals surface area contributed by atoms with Gasteiger partial charge in [-0.2, -0.15) is 5.10 Å². The van der Waals surface area contributed by atoms with Gasteiger partial charge in [0, 0.05) is 46.0 Å². The van der Waals surface area contributed by atoms with E-state index in [0.717, 1.165) is 36.8 Å². The zero-order valence-electron chi connectivity index (χ0n) is 18.2. The average molecular weight is 507 g/mol. The summed E-state index contributed by atoms with van der Waals surface area (Å²) in [5.41, 5.74) is 5.60. The van der Waals surface area contributed by atoms with Gasteiger partial charge >= 0.3 is 0 Å². The van der Waals surface area contributed by atoms with Crippen LogP contribution in [0.2, 0.25) is 0 Å². The van der Waals surface area contributed by atoms with E-state index in [2.05, 4.69) is 71.7 Å². The van der Waals surface area contributed by atoms with Crippen molar-refractivity contribution in [3.05, 3.63) is 52.8 Å². The van der Waals surface area contributed by atoms with Crippen LogP contribution in [-0.2, 0) is 20.0 Å². The maximum Gasteiger partial charge on any atom is 0.193 e. The fourth-order valence-corrected chi connectivity index (χ4v) is 5.07. The van der Waals surface area contributed by atoms with Crippen molar-refractivity contribution < 1.29 is 0 Å². The molecule has 5 nitrogen and oxygen atoms in total. The molecular formula is C23H34IN5. The third-order valence-electron chi connectivity index (χ3n) is 6.45. The number of aryl methyl sites for hydroxylation is 2. The first kappa shape index (κ1) is 22.1. The zero-order chi connectivity index (χ0) is 19.8. The zero-order valence-corrected chi connectivity index (χ0v) is 20.6. The molecule has 2 aliphatic rings. The minimum absolute atomic E-state index is 0. The van der Waals surface area contributed by atoms with E-state index in [0.29, 0.717) is 5.92 Å². The molecule has 3 atom stereocenters. The maximum atomic E-state index is 4.63. The molecule has 3 unspecified atom stereocenters. The highest BCUT2D eigenvalue weighted by Crippen LogP contribution is 2.59. The number of aromatic nitrogens is 2. The Kier molecular flexibility index (Phi) is 6.91. The Morgan fingerprint density at radius 1 is 1.34 bits per heavy atom. The highest BCUT2D eigenvalue weighted by atomic mass is 127. The second-order valence-corrected chi connectivity index (χ2v) is 8.74. The monoisotopic (exact) mass is 507 g/mol. The van der Waals surface area contributed by atoms with Crippen LogP contribution in [-0.4, -0.2) is 41.3 Å². The van der Waals surface area contributed by atoms with Crippen LogP contribution < -0.4 is 5.32 Å². The molecule has 1 fully saturated rings. The van der Waals surface area contributed by atoms with Crippen LogP contribution in [0.25, 0.3) is 0 Å². The lowest BCUT2D eigenvalue weighted by Gasteiger charge is -2.22. The van der Waals surface area contributed by atoms with E-state index in [9.17, 15) is 0 Å². The van der Waals surface area contributed by atoms with Crippen molar-refractivity contribution in [2.75, 3.05) is 20.6 Å². The quantitative estimate of drug-likeness (QED) is 0.376. The number of benzene rings is 1. The summed E-state index contributed by atoms with van der Waals surface area (Å²) in [6.07, 6.45) is 4.70. The molecule has 0 aliphatic heterocycles. The number of nitrogens with one attached hydrogen (secondary N) is 1. The van der Waals surface area contributed by atoms with E-state index in [1.54, 1.807) is 11.1 Å². The van der Waals surface area contributed by atoms with Crippen LogP contribution in [0.15, 0.2) is 35.5 Å². The van der Waals surface area contributed by atoms with E-state index in [1.807, 2.05) is 18.8 Å². The Bertz CT molecular complexity index is 872. The highest BCUT2D eigenvalue weighted by molar-refractivity contribution is 14.0. The lowest BCUT2D eigenvalue weighted by Crippen LogP contribution is -2.39. The number of guanidine groups is 1. The van der Waals surface area contributed by atoms with Crippen LogP contribution in [0, 0.1) is 11.8 Å². The van der Waals surface area contributed by atoms with E-state index in [-0.39, 0.29) is 24.0 Å². The number of hydrogen-bond donors (Lipinski definition) is 1. The molecule has 0 amide bonds. The summed E-state index contributed by atoms with van der Waals surface area (Å²) in [6, 6.07) is 9.01. The third kappa shape index (κ3) is 4.47. The predicted molar refractivity (Wildman–Crippen MR) is 130 cm³/mol. The molecule has 6 heteroatoms. The van der Waals surface area contributed by atoms with Crippen molar-refractivity contribution in [3.8, 4) is 0 Å². The summed E-state index contributed by atoms with van der Waals surface area (Å²) in [6.45, 7) is 6.23. The Morgan fingerprint density at radius 2 is 2.10 bits per heavy atom. The first-order valence-electron chi connectivity index (χ1n) is 10.5. The lowest BCUT2D eigenvalue weighted by molar-refractivity contribution is 0.469. The van der Waals surface area contributed by atoms with Crippen molar-refractivity contribution >= 4 is 29.9 Å². The third-order valence-corrected chi connectivity index (χ3v) is 6.45. The standard InChI is InChI=1S/C23H33N5.HI/c1-15(2)22-17(14-28(5)26-22)13-27(4)23(24-3)25-12-20-19-11-10-16-8-6-7-9-18(16)21(19)20;/h6-9,14-15,19-21H,10-13H2,1-5H3,(H,24,25);1H. The van der Waals surface area contributed by atoms with Gasteiger partial charge in [-0.25, -0.2) is 0 Å². The summed E-state index contributed by atoms with van der Waals surface area (Å²) in [7, 11) is 5.98. The first-order chi connectivity index (χ1) is 13.5. The Balaban J connectivity index is 0.00000240. The molecule has 158 valence electrons. The van der Waals surface area contributed by atoms with Crippen molar-refractivity contribution in [2.24, 2.45) is 23.9 Å². The Hall–Kier alpha value is -1.57. The van der Waals surface area contributed by atoms with Crippen molar-refractivity contribution in [3.63, 3.8) is 0 Å². The summed E-state index contributed by atoms with van der Waals surface area (Å²) in [5.74, 6) is 3.71. The molecule has 0 bridgehead atoms. The average Bonchev–Trinajstić information content (AvgIpc) is 3.27. The highest BCUT2D eigenvalue weighted by Gasteiger charge is 2.52. The Morgan fingerprint density at radius 3 is 2.83 bits per heavy atom. The molecule has 1 aromatic carbocycles. The molecule has 0 saturated heterocycles. The molecule has 2 aliphatic carbocycles. The smallest absolute Gasteiger partial charge is 0.193 e. The van der Waals surface area contributed by atoms with Crippen molar-refractivity contribution in [1.82, 2.24) is 20.0 Å². The summed E-state index contributed by atoms with van der Waals surface area (Å²) in [5, 5.41) is 8.28. The van der Waals surface area contributed by atoms with Crippen molar-refractivity contribution in [1.29, 1.82) is 0 Å². The fraction of sp³-hybridized carbons (Fsp3) is 0.565. The van der Waals surface area contributed by atoms with Crippen LogP contribution >= 0.6 is 24.0 Å². The van der Waals surface area contributed by atoms with Gasteiger partial charge in [0.15, 0.2) is 5.96 Å². The van der Waals surface area contributed by atoms with Crippen LogP contribution in [0.3, 0.4) is 0 Å². The molecule has 4 rings (SSSR count). The molecule has 2 aromatic rings. The van der Waals surface area contributed by atoms with E-state index >= 15 is 0 Å². The van der Waals surface area contributed by atoms with Crippen molar-refractivity contribution in [2.45, 2.75) is 45.1 Å². The SMILES string of the molecule is CN=C(NCC1C2CCc3ccccc3C21)N(C)Cc1cn(C)nc1C(C)C.I. The number of aliphatic imine (C=N–C) groups is 1. The van der Waals surface area contributed by atoms with Crippen LogP contribution in [0.1, 0.15) is 54.5 Å². The number of rotatable bonds is 5. The van der Waals surface area contributed by atoms with Gasteiger partial charge in [-0.1, -0.05) is 38.1 Å². The molecule has 1 heterocycles. The van der Waals surface area contributed by atoms with E-state index < -0.39 is 0 Å². The molecule has 1 aromatic heterocycles. The molecular weight excluding hydrogens is 473 g/mol. The normalized spacial score (nSPS) is 22.6. The van der Waals surface area contributed by atoms with Gasteiger partial charge in [0.1, 0.15) is 0 Å². The number of halogens is 1. The number of nitrogens with zero attached hydrogens (tertiary/aromatic N) is 4. The predicted octanol–water partition coefficient (Wildman–Crippen LogP) is 4.14. The maximum absolute atomic E-state index is 4.63. The minimum atomic E-state index is 0. The number of hydrogen-bond acceptors (Lipinski definition) is 2. The summed E-state index contributed by atoms with van der Waals surface area (Å²) < 4.78 is 1.92. The van der Waals surface area contributed by atoms with Crippen LogP contribution in [0.5, 0.6) is 0 Å². The van der Waals surface area contributed by atoms with E-state index in [1.165, 1.54) is 24.1 Å². The van der Waals surface area contributed by atoms with Gasteiger partial charge in [-0.3, -0.25) is 9.67 Å². The van der Waals surface area contributed by atoms with Gasteiger partial charge in [0.2, 0.25) is 0 Å².